The molecule has 0 spiro atoms. The molecule has 2 rings (SSSR count). The summed E-state index contributed by atoms with van der Waals surface area (Å²) in [5.74, 6) is -0.458. The first kappa shape index (κ1) is 12.7. The lowest BCUT2D eigenvalue weighted by molar-refractivity contribution is 0.100. The van der Waals surface area contributed by atoms with Crippen LogP contribution in [0.1, 0.15) is 23.2 Å². The largest absolute Gasteiger partial charge is 0.397 e. The van der Waals surface area contributed by atoms with Crippen LogP contribution in [0.25, 0.3) is 0 Å². The van der Waals surface area contributed by atoms with Crippen LogP contribution in [-0.2, 0) is 0 Å². The minimum Gasteiger partial charge on any atom is -0.397 e. The molecule has 0 radical (unpaired) electrons. The van der Waals surface area contributed by atoms with Gasteiger partial charge in [0, 0.05) is 19.1 Å². The third kappa shape index (κ3) is 2.92. The lowest BCUT2D eigenvalue weighted by Crippen LogP contribution is -2.27. The molecule has 98 valence electrons. The van der Waals surface area contributed by atoms with Gasteiger partial charge in [-0.2, -0.15) is 0 Å². The Morgan fingerprint density at radius 3 is 2.83 bits per heavy atom. The molecule has 5 N–H and O–H groups in total. The fourth-order valence-corrected chi connectivity index (χ4v) is 2.03. The third-order valence-electron chi connectivity index (χ3n) is 3.30. The normalized spacial score (nSPS) is 14.8. The zero-order valence-corrected chi connectivity index (χ0v) is 10.6. The van der Waals surface area contributed by atoms with Crippen molar-refractivity contribution in [2.75, 3.05) is 31.2 Å². The van der Waals surface area contributed by atoms with E-state index in [-0.39, 0.29) is 0 Å². The topological polar surface area (TPSA) is 84.4 Å². The van der Waals surface area contributed by atoms with Crippen molar-refractivity contribution in [1.29, 1.82) is 0 Å². The summed E-state index contributed by atoms with van der Waals surface area (Å²) in [4.78, 5) is 13.6. The molecule has 18 heavy (non-hydrogen) atoms. The Bertz CT molecular complexity index is 443. The summed E-state index contributed by atoms with van der Waals surface area (Å²) in [6.45, 7) is 1.68. The van der Waals surface area contributed by atoms with E-state index in [0.717, 1.165) is 19.1 Å². The summed E-state index contributed by atoms with van der Waals surface area (Å²) in [7, 11) is 2.11. The number of primary amides is 1. The van der Waals surface area contributed by atoms with Crippen molar-refractivity contribution >= 4 is 17.3 Å². The number of carbonyl (C=O) groups excluding carboxylic acids is 1. The maximum Gasteiger partial charge on any atom is 0.250 e. The van der Waals surface area contributed by atoms with Crippen LogP contribution in [0.15, 0.2) is 18.2 Å². The molecule has 1 saturated carbocycles. The Morgan fingerprint density at radius 2 is 2.22 bits per heavy atom. The average molecular weight is 248 g/mol. The van der Waals surface area contributed by atoms with E-state index in [0.29, 0.717) is 16.9 Å². The van der Waals surface area contributed by atoms with Crippen molar-refractivity contribution in [3.8, 4) is 0 Å². The van der Waals surface area contributed by atoms with E-state index < -0.39 is 5.91 Å². The number of amides is 1. The zero-order valence-electron chi connectivity index (χ0n) is 10.6. The fourth-order valence-electron chi connectivity index (χ4n) is 2.03. The van der Waals surface area contributed by atoms with Gasteiger partial charge in [0.15, 0.2) is 0 Å². The summed E-state index contributed by atoms with van der Waals surface area (Å²) in [6, 6.07) is 5.91. The van der Waals surface area contributed by atoms with Crippen LogP contribution in [-0.4, -0.2) is 37.0 Å². The summed E-state index contributed by atoms with van der Waals surface area (Å²) >= 11 is 0. The number of nitrogen functional groups attached to an aromatic ring is 1. The van der Waals surface area contributed by atoms with Crippen molar-refractivity contribution in [2.24, 2.45) is 5.73 Å². The van der Waals surface area contributed by atoms with E-state index in [9.17, 15) is 4.79 Å². The van der Waals surface area contributed by atoms with Gasteiger partial charge in [-0.25, -0.2) is 0 Å². The number of likely N-dealkylation sites (N-methyl/N-ethyl adjacent to an activating group) is 1. The number of nitrogens with two attached hydrogens (primary N) is 2. The van der Waals surface area contributed by atoms with E-state index >= 15 is 0 Å². The number of benzene rings is 1. The minimum absolute atomic E-state index is 0.448. The van der Waals surface area contributed by atoms with E-state index in [1.54, 1.807) is 18.2 Å². The molecule has 0 bridgehead atoms. The van der Waals surface area contributed by atoms with Crippen molar-refractivity contribution in [3.05, 3.63) is 23.8 Å². The van der Waals surface area contributed by atoms with Crippen LogP contribution in [0.3, 0.4) is 0 Å². The standard InChI is InChI=1S/C13H20N4O/c1-17(9-5-6-9)8-7-16-12-10(13(15)18)3-2-4-11(12)14/h2-4,9,16H,5-8,14H2,1H3,(H2,15,18). The highest BCUT2D eigenvalue weighted by Crippen LogP contribution is 2.25. The van der Waals surface area contributed by atoms with Crippen LogP contribution in [0.2, 0.25) is 0 Å². The monoisotopic (exact) mass is 248 g/mol. The maximum atomic E-state index is 11.3. The molecular weight excluding hydrogens is 228 g/mol. The van der Waals surface area contributed by atoms with Crippen LogP contribution >= 0.6 is 0 Å². The number of nitrogens with one attached hydrogen (secondary N) is 1. The van der Waals surface area contributed by atoms with Crippen molar-refractivity contribution < 1.29 is 4.79 Å². The highest BCUT2D eigenvalue weighted by atomic mass is 16.1. The quantitative estimate of drug-likeness (QED) is 0.652. The SMILES string of the molecule is CN(CCNc1c(N)cccc1C(N)=O)C1CC1. The number of anilines is 2. The van der Waals surface area contributed by atoms with Crippen molar-refractivity contribution in [1.82, 2.24) is 4.90 Å². The Hall–Kier alpha value is -1.75. The van der Waals surface area contributed by atoms with Crippen LogP contribution < -0.4 is 16.8 Å². The summed E-state index contributed by atoms with van der Waals surface area (Å²) in [5, 5.41) is 3.21. The Kier molecular flexibility index (Phi) is 3.72. The molecule has 1 aliphatic rings. The molecule has 0 aliphatic heterocycles. The molecule has 1 aliphatic carbocycles. The lowest BCUT2D eigenvalue weighted by atomic mass is 10.1. The number of rotatable bonds is 6. The molecule has 0 saturated heterocycles. The second kappa shape index (κ2) is 5.27. The number of hydrogen-bond acceptors (Lipinski definition) is 4. The minimum atomic E-state index is -0.458. The third-order valence-corrected chi connectivity index (χ3v) is 3.30. The van der Waals surface area contributed by atoms with Crippen LogP contribution in [0.4, 0.5) is 11.4 Å². The summed E-state index contributed by atoms with van der Waals surface area (Å²) < 4.78 is 0. The second-order valence-electron chi connectivity index (χ2n) is 4.77. The van der Waals surface area contributed by atoms with Gasteiger partial charge in [-0.3, -0.25) is 4.79 Å². The van der Waals surface area contributed by atoms with E-state index in [4.69, 9.17) is 11.5 Å². The molecule has 1 amide bonds. The predicted octanol–water partition coefficient (Wildman–Crippen LogP) is 0.874. The Morgan fingerprint density at radius 1 is 1.50 bits per heavy atom. The van der Waals surface area contributed by atoms with Crippen molar-refractivity contribution in [3.63, 3.8) is 0 Å². The molecule has 5 nitrogen and oxygen atoms in total. The maximum absolute atomic E-state index is 11.3. The van der Waals surface area contributed by atoms with E-state index in [2.05, 4.69) is 17.3 Å². The van der Waals surface area contributed by atoms with Gasteiger partial charge >= 0.3 is 0 Å². The van der Waals surface area contributed by atoms with Gasteiger partial charge in [-0.15, -0.1) is 0 Å². The molecular formula is C13H20N4O. The van der Waals surface area contributed by atoms with Gasteiger partial charge in [-0.05, 0) is 32.0 Å². The molecule has 0 atom stereocenters. The molecule has 0 aromatic heterocycles. The molecule has 0 unspecified atom stereocenters. The molecule has 1 fully saturated rings. The average Bonchev–Trinajstić information content (AvgIpc) is 3.14. The van der Waals surface area contributed by atoms with Crippen LogP contribution in [0.5, 0.6) is 0 Å². The Labute approximate surface area is 107 Å². The number of hydrogen-bond donors (Lipinski definition) is 3. The fraction of sp³-hybridized carbons (Fsp3) is 0.462. The summed E-state index contributed by atoms with van der Waals surface area (Å²) in [5.41, 5.74) is 12.8. The smallest absolute Gasteiger partial charge is 0.250 e. The van der Waals surface area contributed by atoms with Crippen molar-refractivity contribution in [2.45, 2.75) is 18.9 Å². The predicted molar refractivity (Wildman–Crippen MR) is 73.5 cm³/mol. The van der Waals surface area contributed by atoms with E-state index in [1.807, 2.05) is 0 Å². The number of nitrogens with zero attached hydrogens (tertiary/aromatic N) is 1. The first-order valence-electron chi connectivity index (χ1n) is 6.22. The second-order valence-corrected chi connectivity index (χ2v) is 4.77. The summed E-state index contributed by atoms with van der Waals surface area (Å²) in [6.07, 6.45) is 2.58. The van der Waals surface area contributed by atoms with Gasteiger partial charge in [0.25, 0.3) is 5.91 Å². The number of carbonyl (C=O) groups is 1. The first-order valence-corrected chi connectivity index (χ1v) is 6.22. The zero-order chi connectivity index (χ0) is 13.1. The van der Waals surface area contributed by atoms with Gasteiger partial charge in [0.1, 0.15) is 0 Å². The van der Waals surface area contributed by atoms with Gasteiger partial charge in [0.2, 0.25) is 0 Å². The van der Waals surface area contributed by atoms with Gasteiger partial charge in [0.05, 0.1) is 16.9 Å². The van der Waals surface area contributed by atoms with Gasteiger partial charge in [-0.1, -0.05) is 6.07 Å². The Balaban J connectivity index is 1.97. The molecule has 0 heterocycles. The molecule has 5 heteroatoms. The lowest BCUT2D eigenvalue weighted by Gasteiger charge is -2.18. The molecule has 1 aromatic rings. The van der Waals surface area contributed by atoms with Crippen LogP contribution in [0, 0.1) is 0 Å². The van der Waals surface area contributed by atoms with E-state index in [1.165, 1.54) is 12.8 Å². The number of para-hydroxylation sites is 1. The van der Waals surface area contributed by atoms with Gasteiger partial charge < -0.3 is 21.7 Å². The molecule has 1 aromatic carbocycles. The highest BCUT2D eigenvalue weighted by Gasteiger charge is 2.25. The highest BCUT2D eigenvalue weighted by molar-refractivity contribution is 6.01. The first-order chi connectivity index (χ1) is 8.59.